The molecule has 18 heavy (non-hydrogen) atoms. The van der Waals surface area contributed by atoms with Crippen molar-refractivity contribution < 1.29 is 14.2 Å². The van der Waals surface area contributed by atoms with Gasteiger partial charge in [0.25, 0.3) is 5.97 Å². The van der Waals surface area contributed by atoms with Crippen LogP contribution < -0.4 is 5.73 Å². The van der Waals surface area contributed by atoms with Crippen LogP contribution in [0.15, 0.2) is 0 Å². The van der Waals surface area contributed by atoms with Crippen molar-refractivity contribution in [2.24, 2.45) is 5.73 Å². The molecule has 1 atom stereocenters. The monoisotopic (exact) mass is 255 g/mol. The minimum absolute atomic E-state index is 0.150. The van der Waals surface area contributed by atoms with Crippen LogP contribution in [-0.2, 0) is 14.2 Å². The van der Waals surface area contributed by atoms with Crippen molar-refractivity contribution in [1.29, 1.82) is 0 Å². The number of hydrogen-bond donors (Lipinski definition) is 1. The molecule has 2 N–H and O–H groups in total. The van der Waals surface area contributed by atoms with E-state index < -0.39 is 5.97 Å². The SMILES string of the molecule is CCCCCC[C@H](N)C12OC3CC(CC(C3)O1)O2. The van der Waals surface area contributed by atoms with E-state index in [4.69, 9.17) is 19.9 Å². The minimum Gasteiger partial charge on any atom is -0.323 e. The molecule has 3 heterocycles. The van der Waals surface area contributed by atoms with Crippen LogP contribution in [0.1, 0.15) is 58.3 Å². The molecule has 0 aromatic rings. The molecule has 0 unspecified atom stereocenters. The Morgan fingerprint density at radius 1 is 1.00 bits per heavy atom. The van der Waals surface area contributed by atoms with Crippen LogP contribution in [0.5, 0.6) is 0 Å². The summed E-state index contributed by atoms with van der Waals surface area (Å²) in [7, 11) is 0. The van der Waals surface area contributed by atoms with Gasteiger partial charge in [-0.3, -0.25) is 0 Å². The second-order valence-corrected chi connectivity index (χ2v) is 5.99. The van der Waals surface area contributed by atoms with Gasteiger partial charge in [0.05, 0.1) is 24.4 Å². The van der Waals surface area contributed by atoms with Crippen LogP contribution in [0.2, 0.25) is 0 Å². The molecule has 4 nitrogen and oxygen atoms in total. The molecule has 4 fully saturated rings. The van der Waals surface area contributed by atoms with Crippen LogP contribution >= 0.6 is 0 Å². The van der Waals surface area contributed by atoms with Gasteiger partial charge in [0.1, 0.15) is 0 Å². The van der Waals surface area contributed by atoms with Crippen LogP contribution in [-0.4, -0.2) is 30.3 Å². The molecule has 4 heteroatoms. The summed E-state index contributed by atoms with van der Waals surface area (Å²) in [4.78, 5) is 0. The van der Waals surface area contributed by atoms with Gasteiger partial charge < -0.3 is 19.9 Å². The Hall–Kier alpha value is -0.160. The third kappa shape index (κ3) is 2.31. The summed E-state index contributed by atoms with van der Waals surface area (Å²) in [5, 5.41) is 0. The van der Waals surface area contributed by atoms with Crippen molar-refractivity contribution in [3.63, 3.8) is 0 Å². The van der Waals surface area contributed by atoms with Crippen molar-refractivity contribution in [3.05, 3.63) is 0 Å². The quantitative estimate of drug-likeness (QED) is 0.740. The lowest BCUT2D eigenvalue weighted by atomic mass is 9.88. The first kappa shape index (κ1) is 12.9. The zero-order valence-corrected chi connectivity index (χ0v) is 11.3. The molecule has 3 aliphatic heterocycles. The molecule has 4 aliphatic rings. The van der Waals surface area contributed by atoms with Gasteiger partial charge in [-0.25, -0.2) is 0 Å². The smallest absolute Gasteiger partial charge is 0.299 e. The summed E-state index contributed by atoms with van der Waals surface area (Å²) in [5.74, 6) is -0.916. The van der Waals surface area contributed by atoms with Crippen LogP contribution in [0.4, 0.5) is 0 Å². The fourth-order valence-corrected chi connectivity index (χ4v) is 3.47. The summed E-state index contributed by atoms with van der Waals surface area (Å²) in [6.07, 6.45) is 9.77. The standard InChI is InChI=1S/C14H25NO3/c1-2-3-4-5-6-13(15)14-16-10-7-11(17-14)9-12(8-10)18-14/h10-13H,2-9,15H2,1H3/t10?,11?,12?,13-,14?/m0/s1. The fourth-order valence-electron chi connectivity index (χ4n) is 3.47. The lowest BCUT2D eigenvalue weighted by molar-refractivity contribution is -0.499. The van der Waals surface area contributed by atoms with Crippen molar-refractivity contribution in [3.8, 4) is 0 Å². The normalized spacial score (nSPS) is 43.3. The molecule has 4 bridgehead atoms. The van der Waals surface area contributed by atoms with Crippen LogP contribution in [0.25, 0.3) is 0 Å². The number of ether oxygens (including phenoxy) is 3. The summed E-state index contributed by atoms with van der Waals surface area (Å²) < 4.78 is 17.9. The van der Waals surface area contributed by atoms with Gasteiger partial charge in [-0.05, 0) is 6.42 Å². The molecule has 0 aromatic carbocycles. The largest absolute Gasteiger partial charge is 0.323 e. The summed E-state index contributed by atoms with van der Waals surface area (Å²) >= 11 is 0. The zero-order chi connectivity index (χ0) is 12.6. The van der Waals surface area contributed by atoms with Gasteiger partial charge in [0.2, 0.25) is 0 Å². The van der Waals surface area contributed by atoms with Gasteiger partial charge in [0.15, 0.2) is 0 Å². The highest BCUT2D eigenvalue weighted by molar-refractivity contribution is 4.95. The highest BCUT2D eigenvalue weighted by Crippen LogP contribution is 2.46. The maximum Gasteiger partial charge on any atom is 0.299 e. The predicted octanol–water partition coefficient (Wildman–Crippen LogP) is 2.30. The molecular formula is C14H25NO3. The van der Waals surface area contributed by atoms with Gasteiger partial charge in [-0.1, -0.05) is 32.6 Å². The first-order valence-corrected chi connectivity index (χ1v) is 7.51. The average Bonchev–Trinajstić information content (AvgIpc) is 2.32. The Bertz CT molecular complexity index is 259. The van der Waals surface area contributed by atoms with Gasteiger partial charge in [0, 0.05) is 19.3 Å². The van der Waals surface area contributed by atoms with Gasteiger partial charge >= 0.3 is 0 Å². The number of rotatable bonds is 6. The van der Waals surface area contributed by atoms with E-state index in [0.717, 1.165) is 32.1 Å². The molecule has 0 aromatic heterocycles. The molecule has 1 saturated carbocycles. The average molecular weight is 255 g/mol. The molecule has 0 amide bonds. The Kier molecular flexibility index (Phi) is 3.63. The van der Waals surface area contributed by atoms with E-state index in [9.17, 15) is 0 Å². The minimum atomic E-state index is -0.916. The molecule has 1 aliphatic carbocycles. The Labute approximate surface area is 109 Å². The predicted molar refractivity (Wildman–Crippen MR) is 67.9 cm³/mol. The highest BCUT2D eigenvalue weighted by Gasteiger charge is 2.57. The summed E-state index contributed by atoms with van der Waals surface area (Å²) in [6.45, 7) is 2.22. The van der Waals surface area contributed by atoms with Gasteiger partial charge in [-0.15, -0.1) is 0 Å². The van der Waals surface area contributed by atoms with Crippen molar-refractivity contribution >= 4 is 0 Å². The molecular weight excluding hydrogens is 230 g/mol. The van der Waals surface area contributed by atoms with E-state index in [-0.39, 0.29) is 6.04 Å². The highest BCUT2D eigenvalue weighted by atomic mass is 16.9. The van der Waals surface area contributed by atoms with Crippen molar-refractivity contribution in [2.75, 3.05) is 0 Å². The first-order valence-electron chi connectivity index (χ1n) is 7.51. The number of hydrogen-bond acceptors (Lipinski definition) is 4. The Balaban J connectivity index is 1.57. The molecule has 4 rings (SSSR count). The van der Waals surface area contributed by atoms with Gasteiger partial charge in [-0.2, -0.15) is 0 Å². The third-order valence-electron chi connectivity index (χ3n) is 4.39. The first-order chi connectivity index (χ1) is 8.72. The van der Waals surface area contributed by atoms with E-state index in [1.54, 1.807) is 0 Å². The molecule has 104 valence electrons. The molecule has 0 radical (unpaired) electrons. The van der Waals surface area contributed by atoms with Crippen molar-refractivity contribution in [2.45, 2.75) is 88.6 Å². The van der Waals surface area contributed by atoms with Crippen LogP contribution in [0.3, 0.4) is 0 Å². The fraction of sp³-hybridized carbons (Fsp3) is 1.00. The second kappa shape index (κ2) is 5.08. The van der Waals surface area contributed by atoms with E-state index >= 15 is 0 Å². The lowest BCUT2D eigenvalue weighted by Gasteiger charge is -2.56. The maximum atomic E-state index is 6.28. The van der Waals surface area contributed by atoms with E-state index in [1.165, 1.54) is 19.3 Å². The van der Waals surface area contributed by atoms with Crippen LogP contribution in [0, 0.1) is 0 Å². The Morgan fingerprint density at radius 2 is 1.56 bits per heavy atom. The third-order valence-corrected chi connectivity index (χ3v) is 4.39. The number of unbranched alkanes of at least 4 members (excludes halogenated alkanes) is 3. The maximum absolute atomic E-state index is 6.28. The summed E-state index contributed by atoms with van der Waals surface area (Å²) in [6, 6.07) is -0.150. The second-order valence-electron chi connectivity index (χ2n) is 5.99. The topological polar surface area (TPSA) is 53.7 Å². The zero-order valence-electron chi connectivity index (χ0n) is 11.3. The van der Waals surface area contributed by atoms with E-state index in [2.05, 4.69) is 6.92 Å². The Morgan fingerprint density at radius 3 is 2.06 bits per heavy atom. The summed E-state index contributed by atoms with van der Waals surface area (Å²) in [5.41, 5.74) is 6.28. The van der Waals surface area contributed by atoms with E-state index in [1.807, 2.05) is 0 Å². The lowest BCUT2D eigenvalue weighted by Crippen LogP contribution is -2.68. The molecule has 0 spiro atoms. The van der Waals surface area contributed by atoms with E-state index in [0.29, 0.717) is 18.3 Å². The molecule has 3 saturated heterocycles. The van der Waals surface area contributed by atoms with Crippen molar-refractivity contribution in [1.82, 2.24) is 0 Å². The number of nitrogens with two attached hydrogens (primary N) is 1.